The highest BCUT2D eigenvalue weighted by Crippen LogP contribution is 2.33. The number of nitrogens with zero attached hydrogens (tertiary/aromatic N) is 4. The molecule has 0 aliphatic rings. The monoisotopic (exact) mass is 447 g/mol. The lowest BCUT2D eigenvalue weighted by Gasteiger charge is -2.06. The van der Waals surface area contributed by atoms with Crippen LogP contribution in [0.25, 0.3) is 32.9 Å². The second-order valence-corrected chi connectivity index (χ2v) is 9.50. The molecular formula is C22H17N5O2S2. The Kier molecular flexibility index (Phi) is 4.84. The summed E-state index contributed by atoms with van der Waals surface area (Å²) in [6, 6.07) is 13.6. The molecule has 0 bridgehead atoms. The minimum Gasteiger partial charge on any atom is -0.335 e. The molecule has 1 N–H and O–H groups in total. The van der Waals surface area contributed by atoms with Gasteiger partial charge in [0, 0.05) is 20.9 Å². The molecule has 4 aromatic heterocycles. The Hall–Kier alpha value is -3.43. The number of fused-ring (bicyclic) bond motifs is 1. The maximum atomic E-state index is 13.2. The van der Waals surface area contributed by atoms with Gasteiger partial charge < -0.3 is 4.52 Å². The van der Waals surface area contributed by atoms with Gasteiger partial charge >= 0.3 is 0 Å². The Balaban J connectivity index is 1.53. The first-order valence-corrected chi connectivity index (χ1v) is 11.2. The lowest BCUT2D eigenvalue weighted by molar-refractivity contribution is 0.102. The molecular weight excluding hydrogens is 430 g/mol. The Morgan fingerprint density at radius 2 is 1.84 bits per heavy atom. The molecule has 0 aliphatic carbocycles. The molecule has 0 radical (unpaired) electrons. The zero-order chi connectivity index (χ0) is 21.5. The van der Waals surface area contributed by atoms with E-state index in [2.05, 4.69) is 31.7 Å². The molecule has 9 heteroatoms. The number of carbonyl (C=O) groups is 1. The van der Waals surface area contributed by atoms with Crippen LogP contribution in [0.2, 0.25) is 0 Å². The predicted octanol–water partition coefficient (Wildman–Crippen LogP) is 5.65. The average Bonchev–Trinajstić information content (AvgIpc) is 3.47. The van der Waals surface area contributed by atoms with E-state index in [0.29, 0.717) is 33.2 Å². The number of hydrogen-bond donors (Lipinski definition) is 1. The largest absolute Gasteiger partial charge is 0.335 e. The van der Waals surface area contributed by atoms with Crippen molar-refractivity contribution >= 4 is 44.8 Å². The number of hydrogen-bond acceptors (Lipinski definition) is 8. The Morgan fingerprint density at radius 1 is 1.03 bits per heavy atom. The van der Waals surface area contributed by atoms with Crippen molar-refractivity contribution in [3.8, 4) is 21.8 Å². The highest BCUT2D eigenvalue weighted by molar-refractivity contribution is 7.18. The van der Waals surface area contributed by atoms with Crippen LogP contribution in [0.3, 0.4) is 0 Å². The summed E-state index contributed by atoms with van der Waals surface area (Å²) >= 11 is 3.01. The van der Waals surface area contributed by atoms with Gasteiger partial charge in [-0.15, -0.1) is 21.5 Å². The topological polar surface area (TPSA) is 93.8 Å². The van der Waals surface area contributed by atoms with E-state index in [1.165, 1.54) is 16.2 Å². The van der Waals surface area contributed by atoms with Crippen molar-refractivity contribution in [2.45, 2.75) is 20.8 Å². The second-order valence-electron chi connectivity index (χ2n) is 7.06. The number of nitrogens with one attached hydrogen (secondary N) is 1. The van der Waals surface area contributed by atoms with Crippen molar-refractivity contribution in [2.24, 2.45) is 0 Å². The zero-order valence-corrected chi connectivity index (χ0v) is 18.6. The second kappa shape index (κ2) is 7.68. The summed E-state index contributed by atoms with van der Waals surface area (Å²) in [4.78, 5) is 20.1. The molecule has 0 saturated carbocycles. The van der Waals surface area contributed by atoms with Crippen LogP contribution in [0.5, 0.6) is 0 Å². The van der Waals surface area contributed by atoms with Gasteiger partial charge in [-0.3, -0.25) is 10.1 Å². The summed E-state index contributed by atoms with van der Waals surface area (Å²) in [7, 11) is 0. The number of pyridine rings is 1. The molecule has 0 fully saturated rings. The fraction of sp³-hybridized carbons (Fsp3) is 0.136. The van der Waals surface area contributed by atoms with Gasteiger partial charge in [0.15, 0.2) is 0 Å². The fourth-order valence-electron chi connectivity index (χ4n) is 3.43. The molecule has 0 saturated heterocycles. The Bertz CT molecular complexity index is 1420. The van der Waals surface area contributed by atoms with Crippen molar-refractivity contribution in [1.82, 2.24) is 20.3 Å². The van der Waals surface area contributed by atoms with Crippen LogP contribution >= 0.6 is 22.7 Å². The molecule has 4 heterocycles. The van der Waals surface area contributed by atoms with Gasteiger partial charge in [-0.25, -0.2) is 4.98 Å². The van der Waals surface area contributed by atoms with Gasteiger partial charge in [0.2, 0.25) is 5.13 Å². The first-order valence-electron chi connectivity index (χ1n) is 9.54. The summed E-state index contributed by atoms with van der Waals surface area (Å²) < 4.78 is 5.40. The van der Waals surface area contributed by atoms with Crippen molar-refractivity contribution in [3.63, 3.8) is 0 Å². The van der Waals surface area contributed by atoms with Gasteiger partial charge in [-0.05, 0) is 32.9 Å². The highest BCUT2D eigenvalue weighted by atomic mass is 32.1. The minimum absolute atomic E-state index is 0.305. The zero-order valence-electron chi connectivity index (χ0n) is 17.0. The van der Waals surface area contributed by atoms with E-state index in [-0.39, 0.29) is 5.91 Å². The number of anilines is 1. The van der Waals surface area contributed by atoms with Gasteiger partial charge in [0.25, 0.3) is 11.6 Å². The normalized spacial score (nSPS) is 11.2. The SMILES string of the molecule is Cc1cc(-c2cc(C(=O)Nc3nnc(-c4ccccc4)s3)c3c(C)noc3n2)c(C)s1. The van der Waals surface area contributed by atoms with E-state index >= 15 is 0 Å². The van der Waals surface area contributed by atoms with Crippen LogP contribution < -0.4 is 5.32 Å². The number of rotatable bonds is 4. The third kappa shape index (κ3) is 3.62. The molecule has 31 heavy (non-hydrogen) atoms. The van der Waals surface area contributed by atoms with Crippen molar-refractivity contribution in [2.75, 3.05) is 5.32 Å². The van der Waals surface area contributed by atoms with E-state index in [1.807, 2.05) is 44.2 Å². The Labute approximate surface area is 185 Å². The van der Waals surface area contributed by atoms with Crippen molar-refractivity contribution < 1.29 is 9.32 Å². The van der Waals surface area contributed by atoms with Crippen LogP contribution in [0, 0.1) is 20.8 Å². The minimum atomic E-state index is -0.305. The maximum Gasteiger partial charge on any atom is 0.259 e. The number of carbonyl (C=O) groups excluding carboxylic acids is 1. The highest BCUT2D eigenvalue weighted by Gasteiger charge is 2.21. The predicted molar refractivity (Wildman–Crippen MR) is 123 cm³/mol. The summed E-state index contributed by atoms with van der Waals surface area (Å²) in [6.45, 7) is 5.88. The van der Waals surface area contributed by atoms with Gasteiger partial charge in [-0.2, -0.15) is 0 Å². The van der Waals surface area contributed by atoms with E-state index in [1.54, 1.807) is 24.3 Å². The van der Waals surface area contributed by atoms with E-state index in [4.69, 9.17) is 4.52 Å². The lowest BCUT2D eigenvalue weighted by Crippen LogP contribution is -2.13. The number of benzene rings is 1. The summed E-state index contributed by atoms with van der Waals surface area (Å²) in [5, 5.41) is 17.0. The van der Waals surface area contributed by atoms with Crippen LogP contribution in [-0.2, 0) is 0 Å². The molecule has 5 rings (SSSR count). The van der Waals surface area contributed by atoms with Crippen LogP contribution in [-0.4, -0.2) is 26.2 Å². The van der Waals surface area contributed by atoms with Crippen molar-refractivity contribution in [1.29, 1.82) is 0 Å². The number of amides is 1. The van der Waals surface area contributed by atoms with Crippen LogP contribution in [0.4, 0.5) is 5.13 Å². The maximum absolute atomic E-state index is 13.2. The van der Waals surface area contributed by atoms with E-state index in [0.717, 1.165) is 21.0 Å². The number of thiophene rings is 1. The molecule has 0 aliphatic heterocycles. The first-order chi connectivity index (χ1) is 15.0. The summed E-state index contributed by atoms with van der Waals surface area (Å²) in [5.41, 5.74) is 4.00. The molecule has 0 unspecified atom stereocenters. The first kappa shape index (κ1) is 19.5. The van der Waals surface area contributed by atoms with Crippen molar-refractivity contribution in [3.05, 3.63) is 63.5 Å². The Morgan fingerprint density at radius 3 is 2.58 bits per heavy atom. The third-order valence-electron chi connectivity index (χ3n) is 4.84. The van der Waals surface area contributed by atoms with Gasteiger partial charge in [-0.1, -0.05) is 46.8 Å². The molecule has 1 amide bonds. The smallest absolute Gasteiger partial charge is 0.259 e. The molecule has 7 nitrogen and oxygen atoms in total. The lowest BCUT2D eigenvalue weighted by atomic mass is 10.1. The molecule has 1 aromatic carbocycles. The molecule has 0 spiro atoms. The third-order valence-corrected chi connectivity index (χ3v) is 6.70. The van der Waals surface area contributed by atoms with Gasteiger partial charge in [0.05, 0.1) is 22.3 Å². The van der Waals surface area contributed by atoms with E-state index in [9.17, 15) is 4.79 Å². The van der Waals surface area contributed by atoms with E-state index < -0.39 is 0 Å². The average molecular weight is 448 g/mol. The van der Waals surface area contributed by atoms with Gasteiger partial charge in [0.1, 0.15) is 5.01 Å². The van der Waals surface area contributed by atoms with Crippen LogP contribution in [0.1, 0.15) is 25.8 Å². The van der Waals surface area contributed by atoms with Crippen LogP contribution in [0.15, 0.2) is 47.0 Å². The summed E-state index contributed by atoms with van der Waals surface area (Å²) in [5.74, 6) is -0.305. The quantitative estimate of drug-likeness (QED) is 0.383. The standard InChI is InChI=1S/C22H17N5O2S2/c1-11-9-15(13(3)30-11)17-10-16(18-12(2)27-29-20(18)23-17)19(28)24-22-26-25-21(31-22)14-7-5-4-6-8-14/h4-10H,1-3H3,(H,24,26,28). The fourth-order valence-corrected chi connectivity index (χ4v) is 5.11. The molecule has 154 valence electrons. The number of aryl methyl sites for hydroxylation is 3. The summed E-state index contributed by atoms with van der Waals surface area (Å²) in [6.07, 6.45) is 0. The molecule has 5 aromatic rings. The number of aromatic nitrogens is 4. The molecule has 0 atom stereocenters.